The summed E-state index contributed by atoms with van der Waals surface area (Å²) >= 11 is 0. The molecule has 10 heteroatoms. The van der Waals surface area contributed by atoms with Crippen molar-refractivity contribution in [3.63, 3.8) is 0 Å². The minimum Gasteiger partial charge on any atom is -0.377 e. The summed E-state index contributed by atoms with van der Waals surface area (Å²) in [5.41, 5.74) is 1.56. The molecule has 1 saturated heterocycles. The van der Waals surface area contributed by atoms with Gasteiger partial charge in [-0.05, 0) is 30.3 Å². The van der Waals surface area contributed by atoms with Gasteiger partial charge in [-0.3, -0.25) is 9.78 Å². The van der Waals surface area contributed by atoms with Crippen LogP contribution in [0.15, 0.2) is 65.7 Å². The third-order valence-electron chi connectivity index (χ3n) is 5.30. The molecule has 3 aromatic heterocycles. The molecular weight excluding hydrogens is 418 g/mol. The van der Waals surface area contributed by atoms with Crippen LogP contribution < -0.4 is 10.9 Å². The third-order valence-corrected chi connectivity index (χ3v) is 5.30. The first-order valence-corrected chi connectivity index (χ1v) is 9.99. The number of halogens is 2. The number of hydrogen-bond acceptors (Lipinski definition) is 7. The van der Waals surface area contributed by atoms with Crippen LogP contribution in [0, 0.1) is 0 Å². The third kappa shape index (κ3) is 3.80. The van der Waals surface area contributed by atoms with Gasteiger partial charge in [0.25, 0.3) is 12.0 Å². The zero-order valence-electron chi connectivity index (χ0n) is 16.7. The second kappa shape index (κ2) is 8.39. The van der Waals surface area contributed by atoms with Crippen molar-refractivity contribution in [1.29, 1.82) is 0 Å². The number of para-hydroxylation sites is 1. The number of hydrogen-bond donors (Lipinski definition) is 1. The van der Waals surface area contributed by atoms with Crippen molar-refractivity contribution >= 4 is 16.7 Å². The maximum Gasteiger partial charge on any atom is 0.297 e. The van der Waals surface area contributed by atoms with Crippen molar-refractivity contribution in [1.82, 2.24) is 24.7 Å². The van der Waals surface area contributed by atoms with Crippen LogP contribution in [0.2, 0.25) is 0 Å². The van der Waals surface area contributed by atoms with Crippen LogP contribution in [-0.2, 0) is 4.74 Å². The van der Waals surface area contributed by atoms with Crippen molar-refractivity contribution in [2.45, 2.75) is 18.5 Å². The zero-order valence-corrected chi connectivity index (χ0v) is 16.7. The van der Waals surface area contributed by atoms with E-state index < -0.39 is 24.3 Å². The molecule has 1 N–H and O–H groups in total. The highest BCUT2D eigenvalue weighted by atomic mass is 19.3. The minimum absolute atomic E-state index is 0.245. The van der Waals surface area contributed by atoms with Gasteiger partial charge in [0.05, 0.1) is 30.5 Å². The van der Waals surface area contributed by atoms with Crippen molar-refractivity contribution in [2.24, 2.45) is 0 Å². The van der Waals surface area contributed by atoms with Gasteiger partial charge in [0.15, 0.2) is 5.82 Å². The lowest BCUT2D eigenvalue weighted by Crippen LogP contribution is -2.37. The van der Waals surface area contributed by atoms with Gasteiger partial charge in [-0.25, -0.2) is 23.4 Å². The summed E-state index contributed by atoms with van der Waals surface area (Å²) in [4.78, 5) is 24.6. The van der Waals surface area contributed by atoms with Gasteiger partial charge in [0.2, 0.25) is 0 Å². The molecule has 0 aliphatic carbocycles. The molecule has 4 heterocycles. The molecule has 0 saturated carbocycles. The van der Waals surface area contributed by atoms with Crippen LogP contribution >= 0.6 is 0 Å². The number of pyridine rings is 1. The summed E-state index contributed by atoms with van der Waals surface area (Å²) in [6.45, 7) is 0.510. The Balaban J connectivity index is 1.51. The molecule has 0 spiro atoms. The maximum absolute atomic E-state index is 13.4. The fourth-order valence-electron chi connectivity index (χ4n) is 3.74. The second-order valence-electron chi connectivity index (χ2n) is 7.34. The monoisotopic (exact) mass is 436 g/mol. The van der Waals surface area contributed by atoms with Crippen molar-refractivity contribution in [2.75, 3.05) is 18.5 Å². The lowest BCUT2D eigenvalue weighted by molar-refractivity contribution is 0.141. The van der Waals surface area contributed by atoms with Crippen LogP contribution in [0.3, 0.4) is 0 Å². The number of nitrogens with zero attached hydrogens (tertiary/aromatic N) is 5. The molecule has 8 nitrogen and oxygen atoms in total. The number of nitrogens with one attached hydrogen (secondary N) is 1. The summed E-state index contributed by atoms with van der Waals surface area (Å²) < 4.78 is 33.7. The Morgan fingerprint density at radius 3 is 2.66 bits per heavy atom. The quantitative estimate of drug-likeness (QED) is 0.513. The highest BCUT2D eigenvalue weighted by Gasteiger charge is 2.32. The van der Waals surface area contributed by atoms with Crippen LogP contribution in [0.1, 0.15) is 18.3 Å². The lowest BCUT2D eigenvalue weighted by atomic mass is 10.1. The molecule has 1 aliphatic rings. The van der Waals surface area contributed by atoms with Crippen molar-refractivity contribution in [3.05, 3.63) is 77.1 Å². The van der Waals surface area contributed by atoms with Gasteiger partial charge in [-0.2, -0.15) is 5.10 Å². The molecule has 1 fully saturated rings. The SMILES string of the molecule is O=c1ccc(-c2ccncc2)nn1C1COCC1Nc1nc(C(F)F)nc2ccccc12. The number of fused-ring (bicyclic) bond motifs is 1. The molecule has 0 radical (unpaired) electrons. The van der Waals surface area contributed by atoms with Gasteiger partial charge in [-0.1, -0.05) is 12.1 Å². The maximum atomic E-state index is 13.4. The first-order valence-electron chi connectivity index (χ1n) is 9.99. The molecule has 162 valence electrons. The topological polar surface area (TPSA) is 94.8 Å². The number of aromatic nitrogens is 5. The van der Waals surface area contributed by atoms with Crippen LogP contribution in [0.4, 0.5) is 14.6 Å². The van der Waals surface area contributed by atoms with Crippen LogP contribution in [0.5, 0.6) is 0 Å². The second-order valence-corrected chi connectivity index (χ2v) is 7.34. The highest BCUT2D eigenvalue weighted by Crippen LogP contribution is 2.28. The van der Waals surface area contributed by atoms with Crippen LogP contribution in [0.25, 0.3) is 22.2 Å². The fourth-order valence-corrected chi connectivity index (χ4v) is 3.74. The molecule has 1 aliphatic heterocycles. The van der Waals surface area contributed by atoms with Crippen molar-refractivity contribution < 1.29 is 13.5 Å². The highest BCUT2D eigenvalue weighted by molar-refractivity contribution is 5.89. The Hall–Kier alpha value is -3.79. The van der Waals surface area contributed by atoms with E-state index >= 15 is 0 Å². The van der Waals surface area contributed by atoms with Gasteiger partial charge in [0, 0.05) is 29.4 Å². The Morgan fingerprint density at radius 1 is 1.03 bits per heavy atom. The van der Waals surface area contributed by atoms with Crippen LogP contribution in [-0.4, -0.2) is 44.0 Å². The fraction of sp³-hybridized carbons (Fsp3) is 0.227. The Labute approximate surface area is 180 Å². The van der Waals surface area contributed by atoms with E-state index in [4.69, 9.17) is 4.74 Å². The first-order chi connectivity index (χ1) is 15.6. The normalized spacial score (nSPS) is 18.3. The molecule has 0 bridgehead atoms. The average Bonchev–Trinajstić information content (AvgIpc) is 3.27. The molecule has 32 heavy (non-hydrogen) atoms. The molecule has 4 aromatic rings. The van der Waals surface area contributed by atoms with E-state index in [0.29, 0.717) is 16.6 Å². The van der Waals surface area contributed by atoms with E-state index in [1.165, 1.54) is 10.7 Å². The largest absolute Gasteiger partial charge is 0.377 e. The van der Waals surface area contributed by atoms with Crippen molar-refractivity contribution in [3.8, 4) is 11.3 Å². The summed E-state index contributed by atoms with van der Waals surface area (Å²) in [5.74, 6) is -0.290. The minimum atomic E-state index is -2.81. The number of benzene rings is 1. The van der Waals surface area contributed by atoms with E-state index in [1.807, 2.05) is 0 Å². The number of rotatable bonds is 5. The number of anilines is 1. The molecule has 0 amide bonds. The Bertz CT molecular complexity index is 1310. The molecule has 1 aromatic carbocycles. The Kier molecular flexibility index (Phi) is 5.28. The Morgan fingerprint density at radius 2 is 1.84 bits per heavy atom. The lowest BCUT2D eigenvalue weighted by Gasteiger charge is -2.22. The van der Waals surface area contributed by atoms with Gasteiger partial charge in [0.1, 0.15) is 11.9 Å². The van der Waals surface area contributed by atoms with Gasteiger partial charge >= 0.3 is 0 Å². The standard InChI is InChI=1S/C22H18F2N6O2/c23-20(24)22-26-16-4-2-1-3-14(16)21(28-22)27-17-11-32-12-18(17)30-19(31)6-5-15(29-30)13-7-9-25-10-8-13/h1-10,17-18,20H,11-12H2,(H,26,27,28). The average molecular weight is 436 g/mol. The summed E-state index contributed by atoms with van der Waals surface area (Å²) in [6.07, 6.45) is 0.490. The summed E-state index contributed by atoms with van der Waals surface area (Å²) in [6, 6.07) is 12.8. The number of ether oxygens (including phenoxy) is 1. The van der Waals surface area contributed by atoms with E-state index in [2.05, 4.69) is 25.4 Å². The zero-order chi connectivity index (χ0) is 22.1. The van der Waals surface area contributed by atoms with E-state index in [0.717, 1.165) is 5.56 Å². The summed E-state index contributed by atoms with van der Waals surface area (Å²) in [7, 11) is 0. The van der Waals surface area contributed by atoms with Gasteiger partial charge < -0.3 is 10.1 Å². The molecule has 5 rings (SSSR count). The predicted molar refractivity (Wildman–Crippen MR) is 113 cm³/mol. The van der Waals surface area contributed by atoms with Gasteiger partial charge in [-0.15, -0.1) is 0 Å². The van der Waals surface area contributed by atoms with E-state index in [-0.39, 0.29) is 24.6 Å². The molecular formula is C22H18F2N6O2. The molecule has 2 unspecified atom stereocenters. The first kappa shape index (κ1) is 20.1. The number of alkyl halides is 2. The van der Waals surface area contributed by atoms with E-state index in [9.17, 15) is 13.6 Å². The predicted octanol–water partition coefficient (Wildman–Crippen LogP) is 3.24. The molecule has 2 atom stereocenters. The summed E-state index contributed by atoms with van der Waals surface area (Å²) in [5, 5.41) is 8.33. The smallest absolute Gasteiger partial charge is 0.297 e. The van der Waals surface area contributed by atoms with E-state index in [1.54, 1.807) is 54.9 Å².